The van der Waals surface area contributed by atoms with Crippen molar-refractivity contribution in [2.24, 2.45) is 17.8 Å². The lowest BCUT2D eigenvalue weighted by Gasteiger charge is -2.37. The van der Waals surface area contributed by atoms with Gasteiger partial charge in [-0.1, -0.05) is 13.8 Å². The van der Waals surface area contributed by atoms with Crippen molar-refractivity contribution in [3.63, 3.8) is 0 Å². The zero-order chi connectivity index (χ0) is 19.6. The summed E-state index contributed by atoms with van der Waals surface area (Å²) in [6.07, 6.45) is 2.83. The van der Waals surface area contributed by atoms with Crippen molar-refractivity contribution in [1.82, 2.24) is 20.0 Å². The molecule has 2 heterocycles. The van der Waals surface area contributed by atoms with Crippen LogP contribution in [0.15, 0.2) is 0 Å². The first kappa shape index (κ1) is 20.6. The minimum Gasteiger partial charge on any atom is -0.353 e. The van der Waals surface area contributed by atoms with Crippen molar-refractivity contribution in [3.05, 3.63) is 0 Å². The number of carbonyl (C=O) groups excluding carboxylic acids is 2. The van der Waals surface area contributed by atoms with Crippen molar-refractivity contribution in [3.8, 4) is 0 Å². The Labute approximate surface area is 164 Å². The lowest BCUT2D eigenvalue weighted by Crippen LogP contribution is -2.49. The molecule has 0 aromatic carbocycles. The molecule has 0 spiro atoms. The second-order valence-corrected chi connectivity index (χ2v) is 9.29. The van der Waals surface area contributed by atoms with E-state index in [0.717, 1.165) is 58.7 Å². The predicted molar refractivity (Wildman–Crippen MR) is 107 cm³/mol. The van der Waals surface area contributed by atoms with Crippen LogP contribution in [-0.2, 0) is 9.59 Å². The van der Waals surface area contributed by atoms with E-state index in [1.807, 2.05) is 13.8 Å². The molecule has 0 aromatic rings. The Bertz CT molecular complexity index is 528. The lowest BCUT2D eigenvalue weighted by molar-refractivity contribution is -0.131. The van der Waals surface area contributed by atoms with Gasteiger partial charge in [0, 0.05) is 76.2 Å². The topological polar surface area (TPSA) is 55.9 Å². The van der Waals surface area contributed by atoms with E-state index < -0.39 is 0 Å². The van der Waals surface area contributed by atoms with E-state index in [1.165, 1.54) is 0 Å². The van der Waals surface area contributed by atoms with E-state index in [-0.39, 0.29) is 17.9 Å². The van der Waals surface area contributed by atoms with Gasteiger partial charge in [0.05, 0.1) is 0 Å². The molecular weight excluding hydrogens is 340 g/mol. The molecule has 2 aliphatic heterocycles. The van der Waals surface area contributed by atoms with E-state index in [1.54, 1.807) is 0 Å². The zero-order valence-electron chi connectivity index (χ0n) is 17.6. The van der Waals surface area contributed by atoms with Crippen LogP contribution in [0.5, 0.6) is 0 Å². The van der Waals surface area contributed by atoms with Gasteiger partial charge in [-0.15, -0.1) is 0 Å². The number of amides is 2. The van der Waals surface area contributed by atoms with Crippen LogP contribution in [0.4, 0.5) is 0 Å². The van der Waals surface area contributed by atoms with Crippen molar-refractivity contribution in [2.45, 2.75) is 59.0 Å². The maximum atomic E-state index is 12.7. The molecule has 1 N–H and O–H groups in total. The molecule has 3 fully saturated rings. The number of piperazine rings is 1. The van der Waals surface area contributed by atoms with Crippen LogP contribution >= 0.6 is 0 Å². The Balaban J connectivity index is 1.41. The fourth-order valence-electron chi connectivity index (χ4n) is 4.91. The summed E-state index contributed by atoms with van der Waals surface area (Å²) < 4.78 is 0. The van der Waals surface area contributed by atoms with Gasteiger partial charge in [-0.25, -0.2) is 0 Å². The van der Waals surface area contributed by atoms with Crippen LogP contribution in [0.3, 0.4) is 0 Å². The Hall–Kier alpha value is -1.14. The van der Waals surface area contributed by atoms with Crippen LogP contribution < -0.4 is 5.32 Å². The Kier molecular flexibility index (Phi) is 6.79. The van der Waals surface area contributed by atoms with Crippen LogP contribution in [0.25, 0.3) is 0 Å². The summed E-state index contributed by atoms with van der Waals surface area (Å²) in [5.41, 5.74) is 0. The van der Waals surface area contributed by atoms with Crippen LogP contribution in [0.1, 0.15) is 47.0 Å². The molecule has 3 aliphatic rings. The Morgan fingerprint density at radius 1 is 1.00 bits per heavy atom. The highest BCUT2D eigenvalue weighted by molar-refractivity contribution is 5.78. The first-order chi connectivity index (χ1) is 12.8. The van der Waals surface area contributed by atoms with Gasteiger partial charge in [-0.05, 0) is 32.6 Å². The van der Waals surface area contributed by atoms with Gasteiger partial charge in [0.25, 0.3) is 0 Å². The molecule has 6 nitrogen and oxygen atoms in total. The number of fused-ring (bicyclic) bond motifs is 1. The fraction of sp³-hybridized carbons (Fsp3) is 0.905. The van der Waals surface area contributed by atoms with Gasteiger partial charge >= 0.3 is 0 Å². The summed E-state index contributed by atoms with van der Waals surface area (Å²) in [4.78, 5) is 31.8. The summed E-state index contributed by atoms with van der Waals surface area (Å²) in [6.45, 7) is 15.3. The van der Waals surface area contributed by atoms with E-state index in [0.29, 0.717) is 30.2 Å². The molecule has 3 rings (SSSR count). The molecule has 27 heavy (non-hydrogen) atoms. The standard InChI is InChI=1S/C21H38N4O2/c1-15(2)21(27)22-19-6-5-17-13-25(14-18(17)19)20(26)7-8-23-9-11-24(12-10-23)16(3)4/h15-19H,5-14H2,1-4H3,(H,22,27). The van der Waals surface area contributed by atoms with Crippen LogP contribution in [0, 0.1) is 17.8 Å². The van der Waals surface area contributed by atoms with E-state index in [2.05, 4.69) is 33.9 Å². The van der Waals surface area contributed by atoms with Crippen molar-refractivity contribution in [2.75, 3.05) is 45.8 Å². The highest BCUT2D eigenvalue weighted by Gasteiger charge is 2.44. The predicted octanol–water partition coefficient (Wildman–Crippen LogP) is 1.41. The highest BCUT2D eigenvalue weighted by atomic mass is 16.2. The molecule has 0 aromatic heterocycles. The van der Waals surface area contributed by atoms with Gasteiger partial charge < -0.3 is 15.1 Å². The van der Waals surface area contributed by atoms with Gasteiger partial charge in [0.1, 0.15) is 0 Å². The molecule has 1 saturated carbocycles. The summed E-state index contributed by atoms with van der Waals surface area (Å²) in [6, 6.07) is 0.869. The SMILES string of the molecule is CC(C)C(=O)NC1CCC2CN(C(=O)CCN3CCN(C(C)C)CC3)CC21. The maximum Gasteiger partial charge on any atom is 0.223 e. The van der Waals surface area contributed by atoms with Gasteiger partial charge in [0.15, 0.2) is 0 Å². The molecule has 0 radical (unpaired) electrons. The molecular formula is C21H38N4O2. The second kappa shape index (κ2) is 8.91. The number of rotatable bonds is 6. The average Bonchev–Trinajstić information content (AvgIpc) is 3.22. The smallest absolute Gasteiger partial charge is 0.223 e. The van der Waals surface area contributed by atoms with Crippen molar-refractivity contribution in [1.29, 1.82) is 0 Å². The number of nitrogens with one attached hydrogen (secondary N) is 1. The average molecular weight is 379 g/mol. The highest BCUT2D eigenvalue weighted by Crippen LogP contribution is 2.38. The van der Waals surface area contributed by atoms with Gasteiger partial charge in [-0.3, -0.25) is 14.5 Å². The normalized spacial score (nSPS) is 29.6. The van der Waals surface area contributed by atoms with Gasteiger partial charge in [-0.2, -0.15) is 0 Å². The second-order valence-electron chi connectivity index (χ2n) is 9.29. The van der Waals surface area contributed by atoms with E-state index >= 15 is 0 Å². The van der Waals surface area contributed by atoms with E-state index in [9.17, 15) is 9.59 Å². The van der Waals surface area contributed by atoms with Crippen molar-refractivity contribution >= 4 is 11.8 Å². The molecule has 2 saturated heterocycles. The molecule has 154 valence electrons. The number of likely N-dealkylation sites (tertiary alicyclic amines) is 1. The Morgan fingerprint density at radius 3 is 2.33 bits per heavy atom. The fourth-order valence-corrected chi connectivity index (χ4v) is 4.91. The summed E-state index contributed by atoms with van der Waals surface area (Å²) in [7, 11) is 0. The first-order valence-corrected chi connectivity index (χ1v) is 10.9. The molecule has 6 heteroatoms. The number of carbonyl (C=O) groups is 2. The molecule has 3 unspecified atom stereocenters. The number of nitrogens with zero attached hydrogens (tertiary/aromatic N) is 3. The molecule has 1 aliphatic carbocycles. The van der Waals surface area contributed by atoms with Crippen LogP contribution in [-0.4, -0.2) is 84.4 Å². The zero-order valence-corrected chi connectivity index (χ0v) is 17.6. The third-order valence-corrected chi connectivity index (χ3v) is 6.84. The van der Waals surface area contributed by atoms with Crippen molar-refractivity contribution < 1.29 is 9.59 Å². The summed E-state index contributed by atoms with van der Waals surface area (Å²) >= 11 is 0. The monoisotopic (exact) mass is 378 g/mol. The minimum atomic E-state index is 0.0272. The van der Waals surface area contributed by atoms with Gasteiger partial charge in [0.2, 0.25) is 11.8 Å². The quantitative estimate of drug-likeness (QED) is 0.759. The molecule has 2 amide bonds. The lowest BCUT2D eigenvalue weighted by atomic mass is 9.97. The van der Waals surface area contributed by atoms with Crippen LogP contribution in [0.2, 0.25) is 0 Å². The molecule has 0 bridgehead atoms. The first-order valence-electron chi connectivity index (χ1n) is 10.9. The minimum absolute atomic E-state index is 0.0272. The largest absolute Gasteiger partial charge is 0.353 e. The van der Waals surface area contributed by atoms with E-state index in [4.69, 9.17) is 0 Å². The number of hydrogen-bond acceptors (Lipinski definition) is 4. The number of hydrogen-bond donors (Lipinski definition) is 1. The third-order valence-electron chi connectivity index (χ3n) is 6.84. The summed E-state index contributed by atoms with van der Waals surface area (Å²) in [5.74, 6) is 1.49. The Morgan fingerprint density at radius 2 is 1.70 bits per heavy atom. The maximum absolute atomic E-state index is 12.7. The third kappa shape index (κ3) is 5.02. The molecule has 3 atom stereocenters. The summed E-state index contributed by atoms with van der Waals surface area (Å²) in [5, 5.41) is 3.22.